The van der Waals surface area contributed by atoms with Gasteiger partial charge < -0.3 is 24.8 Å². The Hall–Kier alpha value is -4.77. The number of ether oxygens (including phenoxy) is 3. The first-order chi connectivity index (χ1) is 19.0. The summed E-state index contributed by atoms with van der Waals surface area (Å²) in [5.41, 5.74) is 3.65. The largest absolute Gasteiger partial charge is 0.455 e. The number of thiazole rings is 1. The summed E-state index contributed by atoms with van der Waals surface area (Å²) in [6.07, 6.45) is 2.84. The maximum atomic E-state index is 14.7. The molecular formula is C28H23FN4O5S. The molecule has 0 fully saturated rings. The van der Waals surface area contributed by atoms with Gasteiger partial charge in [0.2, 0.25) is 12.2 Å². The van der Waals surface area contributed by atoms with Gasteiger partial charge in [-0.15, -0.1) is 11.3 Å². The Morgan fingerprint density at radius 2 is 1.77 bits per heavy atom. The number of carbonyl (C=O) groups is 2. The molecule has 2 aromatic carbocycles. The Balaban J connectivity index is 1.11. The number of aromatic nitrogens is 2. The molecule has 198 valence electrons. The summed E-state index contributed by atoms with van der Waals surface area (Å²) in [6, 6.07) is 19.3. The van der Waals surface area contributed by atoms with Crippen molar-refractivity contribution in [3.05, 3.63) is 124 Å². The van der Waals surface area contributed by atoms with Gasteiger partial charge in [-0.25, -0.2) is 9.37 Å². The first kappa shape index (κ1) is 25.9. The third-order valence-electron chi connectivity index (χ3n) is 5.65. The van der Waals surface area contributed by atoms with Crippen LogP contribution in [0.3, 0.4) is 0 Å². The molecular weight excluding hydrogens is 523 g/mol. The number of nitrogens with zero attached hydrogens (tertiary/aromatic N) is 2. The smallest absolute Gasteiger partial charge is 0.325 e. The second-order valence-electron chi connectivity index (χ2n) is 8.40. The van der Waals surface area contributed by atoms with Crippen molar-refractivity contribution in [2.75, 3.05) is 0 Å². The number of pyridine rings is 1. The van der Waals surface area contributed by atoms with E-state index in [1.54, 1.807) is 30.3 Å². The van der Waals surface area contributed by atoms with Crippen molar-refractivity contribution in [1.82, 2.24) is 20.6 Å². The van der Waals surface area contributed by atoms with E-state index in [4.69, 9.17) is 14.2 Å². The molecule has 1 aliphatic rings. The minimum atomic E-state index is -0.549. The van der Waals surface area contributed by atoms with E-state index >= 15 is 0 Å². The van der Waals surface area contributed by atoms with Crippen molar-refractivity contribution in [3.63, 3.8) is 0 Å². The fraction of sp³-hybridized carbons (Fsp3) is 0.143. The monoisotopic (exact) mass is 546 g/mol. The maximum absolute atomic E-state index is 14.7. The maximum Gasteiger partial charge on any atom is 0.325 e. The Kier molecular flexibility index (Phi) is 8.08. The van der Waals surface area contributed by atoms with Crippen molar-refractivity contribution < 1.29 is 28.2 Å². The highest BCUT2D eigenvalue weighted by Gasteiger charge is 2.25. The van der Waals surface area contributed by atoms with E-state index in [0.717, 1.165) is 16.9 Å². The molecule has 2 N–H and O–H groups in total. The van der Waals surface area contributed by atoms with E-state index < -0.39 is 18.0 Å². The predicted octanol–water partition coefficient (Wildman–Crippen LogP) is 4.33. The lowest BCUT2D eigenvalue weighted by Crippen LogP contribution is -2.24. The second-order valence-corrected chi connectivity index (χ2v) is 9.26. The molecule has 0 saturated carbocycles. The number of carbonyl (C=O) groups excluding carboxylic acids is 2. The van der Waals surface area contributed by atoms with Crippen molar-refractivity contribution in [3.8, 4) is 5.88 Å². The zero-order valence-corrected chi connectivity index (χ0v) is 21.3. The van der Waals surface area contributed by atoms with Crippen LogP contribution in [0.15, 0.2) is 90.6 Å². The molecule has 0 spiro atoms. The van der Waals surface area contributed by atoms with Crippen LogP contribution < -0.4 is 15.4 Å². The lowest BCUT2D eigenvalue weighted by Gasteiger charge is -2.12. The molecule has 0 radical (unpaired) electrons. The lowest BCUT2D eigenvalue weighted by atomic mass is 10.1. The van der Waals surface area contributed by atoms with E-state index in [9.17, 15) is 14.0 Å². The van der Waals surface area contributed by atoms with Gasteiger partial charge in [0, 0.05) is 31.3 Å². The molecule has 1 unspecified atom stereocenters. The van der Waals surface area contributed by atoms with Crippen LogP contribution in [0.5, 0.6) is 5.88 Å². The number of amides is 2. The average Bonchev–Trinajstić information content (AvgIpc) is 3.61. The van der Waals surface area contributed by atoms with Gasteiger partial charge in [0.25, 0.3) is 11.8 Å². The predicted molar refractivity (Wildman–Crippen MR) is 140 cm³/mol. The zero-order valence-electron chi connectivity index (χ0n) is 20.5. The number of benzene rings is 2. The Labute approximate surface area is 227 Å². The SMILES string of the molecule is O=C(NCc1ccc(CNC(=O)c2scnc2OC2=COC(Cc3ccccc3)O2)c(F)c1)c1ccccn1. The van der Waals surface area contributed by atoms with Crippen LogP contribution in [-0.4, -0.2) is 28.1 Å². The molecule has 5 rings (SSSR count). The quantitative estimate of drug-likeness (QED) is 0.305. The van der Waals surface area contributed by atoms with Crippen LogP contribution in [0, 0.1) is 5.82 Å². The van der Waals surface area contributed by atoms with Crippen molar-refractivity contribution in [1.29, 1.82) is 0 Å². The summed E-state index contributed by atoms with van der Waals surface area (Å²) in [5.74, 6) is -1.18. The van der Waals surface area contributed by atoms with Crippen molar-refractivity contribution >= 4 is 23.2 Å². The second kappa shape index (κ2) is 12.2. The van der Waals surface area contributed by atoms with E-state index in [1.165, 1.54) is 24.0 Å². The fourth-order valence-corrected chi connectivity index (χ4v) is 4.31. The van der Waals surface area contributed by atoms with Crippen molar-refractivity contribution in [2.24, 2.45) is 0 Å². The summed E-state index contributed by atoms with van der Waals surface area (Å²) in [7, 11) is 0. The van der Waals surface area contributed by atoms with Gasteiger partial charge in [-0.3, -0.25) is 14.6 Å². The molecule has 1 atom stereocenters. The molecule has 39 heavy (non-hydrogen) atoms. The summed E-state index contributed by atoms with van der Waals surface area (Å²) < 4.78 is 31.5. The van der Waals surface area contributed by atoms with Crippen LogP contribution in [0.1, 0.15) is 36.9 Å². The molecule has 11 heteroatoms. The molecule has 2 aromatic heterocycles. The average molecular weight is 547 g/mol. The zero-order chi connectivity index (χ0) is 27.0. The van der Waals surface area contributed by atoms with E-state index in [2.05, 4.69) is 20.6 Å². The summed E-state index contributed by atoms with van der Waals surface area (Å²) in [6.45, 7) is 0.0818. The van der Waals surface area contributed by atoms with E-state index in [-0.39, 0.29) is 47.0 Å². The Bertz CT molecular complexity index is 1480. The third-order valence-corrected chi connectivity index (χ3v) is 6.46. The minimum Gasteiger partial charge on any atom is -0.455 e. The van der Waals surface area contributed by atoms with E-state index in [1.807, 2.05) is 30.3 Å². The first-order valence-corrected chi connectivity index (χ1v) is 12.9. The number of hydrogen-bond donors (Lipinski definition) is 2. The highest BCUT2D eigenvalue weighted by atomic mass is 32.1. The van der Waals surface area contributed by atoms with Gasteiger partial charge >= 0.3 is 5.95 Å². The molecule has 0 aliphatic carbocycles. The number of hydrogen-bond acceptors (Lipinski definition) is 8. The summed E-state index contributed by atoms with van der Waals surface area (Å²) in [4.78, 5) is 33.2. The van der Waals surface area contributed by atoms with Gasteiger partial charge in [-0.2, -0.15) is 0 Å². The van der Waals surface area contributed by atoms with Crippen LogP contribution >= 0.6 is 11.3 Å². The van der Waals surface area contributed by atoms with Crippen LogP contribution in [0.4, 0.5) is 4.39 Å². The Morgan fingerprint density at radius 3 is 2.56 bits per heavy atom. The molecule has 0 saturated heterocycles. The minimum absolute atomic E-state index is 0.0515. The molecule has 2 amide bonds. The highest BCUT2D eigenvalue weighted by molar-refractivity contribution is 7.12. The fourth-order valence-electron chi connectivity index (χ4n) is 3.69. The molecule has 3 heterocycles. The topological polar surface area (TPSA) is 112 Å². The normalized spacial score (nSPS) is 14.1. The Morgan fingerprint density at radius 1 is 0.949 bits per heavy atom. The van der Waals surface area contributed by atoms with E-state index in [0.29, 0.717) is 12.0 Å². The number of halogens is 1. The summed E-state index contributed by atoms with van der Waals surface area (Å²) in [5, 5.41) is 5.38. The van der Waals surface area contributed by atoms with Gasteiger partial charge in [0.15, 0.2) is 11.1 Å². The van der Waals surface area contributed by atoms with Gasteiger partial charge in [-0.05, 0) is 29.3 Å². The summed E-state index contributed by atoms with van der Waals surface area (Å²) >= 11 is 1.08. The van der Waals surface area contributed by atoms with Crippen LogP contribution in [0.25, 0.3) is 0 Å². The van der Waals surface area contributed by atoms with Crippen LogP contribution in [0.2, 0.25) is 0 Å². The van der Waals surface area contributed by atoms with Gasteiger partial charge in [-0.1, -0.05) is 48.5 Å². The van der Waals surface area contributed by atoms with Gasteiger partial charge in [0.1, 0.15) is 11.5 Å². The first-order valence-electron chi connectivity index (χ1n) is 12.0. The number of nitrogens with one attached hydrogen (secondary N) is 2. The number of rotatable bonds is 10. The van der Waals surface area contributed by atoms with Crippen molar-refractivity contribution in [2.45, 2.75) is 25.8 Å². The highest BCUT2D eigenvalue weighted by Crippen LogP contribution is 2.27. The van der Waals surface area contributed by atoms with Crippen LogP contribution in [-0.2, 0) is 29.0 Å². The molecule has 0 bridgehead atoms. The molecule has 1 aliphatic heterocycles. The lowest BCUT2D eigenvalue weighted by molar-refractivity contribution is -0.0524. The third kappa shape index (κ3) is 6.76. The molecule has 4 aromatic rings. The van der Waals surface area contributed by atoms with Gasteiger partial charge in [0.05, 0.1) is 5.51 Å². The standard InChI is InChI=1S/C28H23FN4O5S/c29-21-12-19(14-31-26(34)22-8-4-5-11-30-22)9-10-20(21)15-32-27(35)25-28(33-17-39-25)38-24-16-36-23(37-24)13-18-6-2-1-3-7-18/h1-12,16-17,23H,13-15H2,(H,31,34)(H,32,35). The molecule has 9 nitrogen and oxygen atoms in total.